The molecule has 0 aliphatic heterocycles. The van der Waals surface area contributed by atoms with Gasteiger partial charge in [0.05, 0.1) is 0 Å². The highest BCUT2D eigenvalue weighted by atomic mass is 16.2. The van der Waals surface area contributed by atoms with Crippen molar-refractivity contribution in [3.63, 3.8) is 0 Å². The second-order valence-electron chi connectivity index (χ2n) is 6.20. The van der Waals surface area contributed by atoms with Gasteiger partial charge in [-0.25, -0.2) is 0 Å². The quantitative estimate of drug-likeness (QED) is 0.217. The zero-order chi connectivity index (χ0) is 20.5. The molecule has 29 heavy (non-hydrogen) atoms. The molecule has 154 valence electrons. The summed E-state index contributed by atoms with van der Waals surface area (Å²) in [4.78, 5) is 24.1. The minimum absolute atomic E-state index is 0. The molecule has 8 heteroatoms. The second kappa shape index (κ2) is 11.2. The fourth-order valence-corrected chi connectivity index (χ4v) is 2.46. The predicted molar refractivity (Wildman–Crippen MR) is 116 cm³/mol. The number of hydrogen-bond acceptors (Lipinski definition) is 4. The predicted octanol–water partition coefficient (Wildman–Crippen LogP) is 1.83. The molecule has 0 aliphatic carbocycles. The number of hydrogen-bond donors (Lipinski definition) is 6. The summed E-state index contributed by atoms with van der Waals surface area (Å²) in [7, 11) is 0. The molecular formula is C21H28N6O2. The van der Waals surface area contributed by atoms with Gasteiger partial charge in [0.25, 0.3) is 11.8 Å². The van der Waals surface area contributed by atoms with E-state index >= 15 is 0 Å². The van der Waals surface area contributed by atoms with Gasteiger partial charge in [-0.05, 0) is 37.1 Å². The number of amides is 2. The van der Waals surface area contributed by atoms with Crippen LogP contribution in [0.1, 0.15) is 52.1 Å². The molecule has 8 N–H and O–H groups in total. The van der Waals surface area contributed by atoms with Gasteiger partial charge >= 0.3 is 0 Å². The smallest absolute Gasteiger partial charge is 0.251 e. The van der Waals surface area contributed by atoms with Crippen molar-refractivity contribution in [2.24, 2.45) is 11.5 Å². The van der Waals surface area contributed by atoms with E-state index in [0.717, 1.165) is 12.8 Å². The molecule has 0 aromatic heterocycles. The summed E-state index contributed by atoms with van der Waals surface area (Å²) in [5.74, 6) is -0.456. The van der Waals surface area contributed by atoms with Crippen molar-refractivity contribution in [2.45, 2.75) is 20.3 Å². The van der Waals surface area contributed by atoms with Crippen LogP contribution in [0.3, 0.4) is 0 Å². The number of nitrogens with one attached hydrogen (secondary N) is 4. The first-order valence-electron chi connectivity index (χ1n) is 8.84. The van der Waals surface area contributed by atoms with Gasteiger partial charge in [-0.3, -0.25) is 20.4 Å². The SMILES string of the molecule is C.N=C(N)c1ccc(C(=O)NCCCCNC(=O)c2ccc(C(=N)N)cc2)cc1. The van der Waals surface area contributed by atoms with Gasteiger partial charge in [0.1, 0.15) is 11.7 Å². The minimum atomic E-state index is -0.190. The second-order valence-corrected chi connectivity index (χ2v) is 6.20. The monoisotopic (exact) mass is 396 g/mol. The van der Waals surface area contributed by atoms with E-state index in [1.807, 2.05) is 0 Å². The van der Waals surface area contributed by atoms with Crippen LogP contribution in [0.15, 0.2) is 48.5 Å². The maximum Gasteiger partial charge on any atom is 0.251 e. The average molecular weight is 396 g/mol. The van der Waals surface area contributed by atoms with Gasteiger partial charge in [0.15, 0.2) is 0 Å². The van der Waals surface area contributed by atoms with Crippen LogP contribution in [0.4, 0.5) is 0 Å². The lowest BCUT2D eigenvalue weighted by molar-refractivity contribution is 0.0939. The number of unbranched alkanes of at least 4 members (excludes halogenated alkanes) is 1. The molecule has 0 radical (unpaired) electrons. The number of benzene rings is 2. The van der Waals surface area contributed by atoms with E-state index in [-0.39, 0.29) is 30.9 Å². The third-order valence-electron chi connectivity index (χ3n) is 4.09. The van der Waals surface area contributed by atoms with E-state index < -0.39 is 0 Å². The summed E-state index contributed by atoms with van der Waals surface area (Å²) in [6, 6.07) is 13.1. The van der Waals surface area contributed by atoms with Crippen LogP contribution in [0.25, 0.3) is 0 Å². The number of nitrogen functional groups attached to an aromatic ring is 2. The fourth-order valence-electron chi connectivity index (χ4n) is 2.46. The first-order valence-corrected chi connectivity index (χ1v) is 8.84. The van der Waals surface area contributed by atoms with Gasteiger partial charge in [-0.2, -0.15) is 0 Å². The molecule has 0 aliphatic rings. The van der Waals surface area contributed by atoms with Gasteiger partial charge in [0.2, 0.25) is 0 Å². The highest BCUT2D eigenvalue weighted by Gasteiger charge is 2.07. The summed E-state index contributed by atoms with van der Waals surface area (Å²) in [6.45, 7) is 0.993. The normalized spacial score (nSPS) is 9.79. The molecule has 2 amide bonds. The Labute approximate surface area is 170 Å². The fraction of sp³-hybridized carbons (Fsp3) is 0.238. The summed E-state index contributed by atoms with van der Waals surface area (Å²) in [5.41, 5.74) is 12.9. The standard InChI is InChI=1S/C20H24N6O2.CH4/c21-17(22)13-3-7-15(8-4-13)19(27)25-11-1-2-12-26-20(28)16-9-5-14(6-10-16)18(23)24;/h3-10H,1-2,11-12H2,(H3,21,22)(H3,23,24)(H,25,27)(H,26,28);1H4. The lowest BCUT2D eigenvalue weighted by Crippen LogP contribution is -2.27. The molecular weight excluding hydrogens is 368 g/mol. The number of rotatable bonds is 9. The van der Waals surface area contributed by atoms with Crippen molar-refractivity contribution in [3.8, 4) is 0 Å². The third kappa shape index (κ3) is 7.10. The zero-order valence-electron chi connectivity index (χ0n) is 15.4. The molecule has 0 heterocycles. The lowest BCUT2D eigenvalue weighted by atomic mass is 10.1. The Hall–Kier alpha value is -3.68. The van der Waals surface area contributed by atoms with Gasteiger partial charge in [0, 0.05) is 35.3 Å². The number of nitrogens with two attached hydrogens (primary N) is 2. The molecule has 0 unspecified atom stereocenters. The van der Waals surface area contributed by atoms with Crippen LogP contribution in [-0.4, -0.2) is 36.6 Å². The molecule has 2 aromatic carbocycles. The third-order valence-corrected chi connectivity index (χ3v) is 4.09. The van der Waals surface area contributed by atoms with Crippen molar-refractivity contribution < 1.29 is 9.59 Å². The molecule has 0 fully saturated rings. The van der Waals surface area contributed by atoms with E-state index in [0.29, 0.717) is 35.3 Å². The van der Waals surface area contributed by atoms with Gasteiger partial charge in [-0.15, -0.1) is 0 Å². The Morgan fingerprint density at radius 2 is 0.931 bits per heavy atom. The van der Waals surface area contributed by atoms with Gasteiger partial charge < -0.3 is 22.1 Å². The highest BCUT2D eigenvalue weighted by molar-refractivity contribution is 5.99. The van der Waals surface area contributed by atoms with E-state index in [9.17, 15) is 9.59 Å². The molecule has 2 aromatic rings. The molecule has 8 nitrogen and oxygen atoms in total. The van der Waals surface area contributed by atoms with Crippen LogP contribution in [0.2, 0.25) is 0 Å². The number of carbonyl (C=O) groups excluding carboxylic acids is 2. The number of carbonyl (C=O) groups is 2. The molecule has 0 atom stereocenters. The van der Waals surface area contributed by atoms with Crippen molar-refractivity contribution >= 4 is 23.5 Å². The van der Waals surface area contributed by atoms with E-state index in [2.05, 4.69) is 10.6 Å². The molecule has 0 bridgehead atoms. The van der Waals surface area contributed by atoms with E-state index in [1.165, 1.54) is 0 Å². The number of amidine groups is 2. The first-order chi connectivity index (χ1) is 13.4. The average Bonchev–Trinajstić information content (AvgIpc) is 2.70. The maximum absolute atomic E-state index is 12.0. The Bertz CT molecular complexity index is 786. The Morgan fingerprint density at radius 3 is 1.21 bits per heavy atom. The maximum atomic E-state index is 12.0. The first kappa shape index (κ1) is 23.4. The van der Waals surface area contributed by atoms with E-state index in [1.54, 1.807) is 48.5 Å². The summed E-state index contributed by atoms with van der Waals surface area (Å²) < 4.78 is 0. The Morgan fingerprint density at radius 1 is 0.655 bits per heavy atom. The van der Waals surface area contributed by atoms with Crippen LogP contribution in [0.5, 0.6) is 0 Å². The van der Waals surface area contributed by atoms with Crippen molar-refractivity contribution in [1.82, 2.24) is 10.6 Å². The van der Waals surface area contributed by atoms with Crippen LogP contribution >= 0.6 is 0 Å². The van der Waals surface area contributed by atoms with Crippen molar-refractivity contribution in [1.29, 1.82) is 10.8 Å². The zero-order valence-corrected chi connectivity index (χ0v) is 15.4. The van der Waals surface area contributed by atoms with Crippen LogP contribution in [0, 0.1) is 10.8 Å². The lowest BCUT2D eigenvalue weighted by Gasteiger charge is -2.08. The summed E-state index contributed by atoms with van der Waals surface area (Å²) in [6.07, 6.45) is 1.45. The molecule has 0 saturated heterocycles. The topological polar surface area (TPSA) is 158 Å². The molecule has 2 rings (SSSR count). The van der Waals surface area contributed by atoms with Gasteiger partial charge in [-0.1, -0.05) is 31.7 Å². The van der Waals surface area contributed by atoms with Crippen molar-refractivity contribution in [3.05, 3.63) is 70.8 Å². The van der Waals surface area contributed by atoms with Crippen molar-refractivity contribution in [2.75, 3.05) is 13.1 Å². The van der Waals surface area contributed by atoms with Crippen LogP contribution < -0.4 is 22.1 Å². The highest BCUT2D eigenvalue weighted by Crippen LogP contribution is 2.05. The molecule has 0 saturated carbocycles. The largest absolute Gasteiger partial charge is 0.384 e. The van der Waals surface area contributed by atoms with Crippen LogP contribution in [-0.2, 0) is 0 Å². The minimum Gasteiger partial charge on any atom is -0.384 e. The van der Waals surface area contributed by atoms with E-state index in [4.69, 9.17) is 22.3 Å². The Kier molecular flexibility index (Phi) is 9.04. The summed E-state index contributed by atoms with van der Waals surface area (Å²) >= 11 is 0. The summed E-state index contributed by atoms with van der Waals surface area (Å²) in [5, 5.41) is 20.3. The molecule has 0 spiro atoms. The Balaban J connectivity index is 0.00000420.